The summed E-state index contributed by atoms with van der Waals surface area (Å²) in [7, 11) is 0. The van der Waals surface area contributed by atoms with Crippen LogP contribution in [0.4, 0.5) is 0 Å². The van der Waals surface area contributed by atoms with Crippen LogP contribution in [0.5, 0.6) is 0 Å². The second-order valence-corrected chi connectivity index (χ2v) is 6.32. The summed E-state index contributed by atoms with van der Waals surface area (Å²) in [6.45, 7) is 7.80. The monoisotopic (exact) mass is 281 g/mol. The summed E-state index contributed by atoms with van der Waals surface area (Å²) in [5, 5.41) is 3.61. The van der Waals surface area contributed by atoms with Gasteiger partial charge >= 0.3 is 0 Å². The predicted octanol–water partition coefficient (Wildman–Crippen LogP) is 5.27. The highest BCUT2D eigenvalue weighted by molar-refractivity contribution is 5.63. The Morgan fingerprint density at radius 2 is 1.38 bits per heavy atom. The summed E-state index contributed by atoms with van der Waals surface area (Å²) in [6, 6.07) is 20.0. The van der Waals surface area contributed by atoms with Crippen molar-refractivity contribution in [3.63, 3.8) is 0 Å². The maximum absolute atomic E-state index is 3.61. The molecule has 0 radical (unpaired) electrons. The molecule has 0 aliphatic carbocycles. The molecule has 1 atom stereocenters. The normalized spacial score (nSPS) is 12.6. The minimum absolute atomic E-state index is 0.584. The Hall–Kier alpha value is -1.60. The van der Waals surface area contributed by atoms with E-state index in [1.54, 1.807) is 0 Å². The van der Waals surface area contributed by atoms with Crippen LogP contribution in [0, 0.1) is 5.92 Å². The highest BCUT2D eigenvalue weighted by atomic mass is 14.9. The second-order valence-electron chi connectivity index (χ2n) is 6.32. The molecular formula is C20H27N. The zero-order valence-electron chi connectivity index (χ0n) is 13.5. The van der Waals surface area contributed by atoms with Crippen LogP contribution in [0.2, 0.25) is 0 Å². The molecule has 2 rings (SSSR count). The molecule has 21 heavy (non-hydrogen) atoms. The molecule has 1 heteroatoms. The van der Waals surface area contributed by atoms with E-state index in [1.165, 1.54) is 29.5 Å². The first-order valence-corrected chi connectivity index (χ1v) is 8.03. The van der Waals surface area contributed by atoms with E-state index in [4.69, 9.17) is 0 Å². The SMILES string of the molecule is CC(C)CCC(C)NCc1ccc(-c2ccccc2)cc1. The lowest BCUT2D eigenvalue weighted by molar-refractivity contribution is 0.451. The van der Waals surface area contributed by atoms with Crippen LogP contribution in [0.1, 0.15) is 39.2 Å². The zero-order valence-corrected chi connectivity index (χ0v) is 13.5. The fraction of sp³-hybridized carbons (Fsp3) is 0.400. The molecule has 2 aromatic carbocycles. The average Bonchev–Trinajstić information content (AvgIpc) is 2.52. The number of nitrogens with one attached hydrogen (secondary N) is 1. The van der Waals surface area contributed by atoms with Crippen LogP contribution in [0.3, 0.4) is 0 Å². The van der Waals surface area contributed by atoms with Gasteiger partial charge in [-0.15, -0.1) is 0 Å². The molecule has 0 saturated heterocycles. The fourth-order valence-electron chi connectivity index (χ4n) is 2.42. The number of hydrogen-bond donors (Lipinski definition) is 1. The summed E-state index contributed by atoms with van der Waals surface area (Å²) >= 11 is 0. The van der Waals surface area contributed by atoms with Crippen molar-refractivity contribution in [3.8, 4) is 11.1 Å². The average molecular weight is 281 g/mol. The summed E-state index contributed by atoms with van der Waals surface area (Å²) in [5.74, 6) is 0.791. The Morgan fingerprint density at radius 3 is 2.00 bits per heavy atom. The zero-order chi connectivity index (χ0) is 15.1. The summed E-state index contributed by atoms with van der Waals surface area (Å²) in [5.41, 5.74) is 3.92. The van der Waals surface area contributed by atoms with Crippen molar-refractivity contribution in [2.45, 2.75) is 46.2 Å². The fourth-order valence-corrected chi connectivity index (χ4v) is 2.42. The van der Waals surface area contributed by atoms with Gasteiger partial charge in [0.1, 0.15) is 0 Å². The lowest BCUT2D eigenvalue weighted by Crippen LogP contribution is -2.25. The molecule has 112 valence electrons. The van der Waals surface area contributed by atoms with Gasteiger partial charge < -0.3 is 5.32 Å². The standard InChI is InChI=1S/C20H27N/c1-16(2)9-10-17(3)21-15-18-11-13-20(14-12-18)19-7-5-4-6-8-19/h4-8,11-14,16-17,21H,9-10,15H2,1-3H3. The third-order valence-electron chi connectivity index (χ3n) is 3.89. The lowest BCUT2D eigenvalue weighted by Gasteiger charge is -2.15. The Balaban J connectivity index is 1.85. The molecular weight excluding hydrogens is 254 g/mol. The van der Waals surface area contributed by atoms with Crippen molar-refractivity contribution in [1.82, 2.24) is 5.32 Å². The van der Waals surface area contributed by atoms with E-state index in [0.29, 0.717) is 6.04 Å². The molecule has 0 aliphatic rings. The smallest absolute Gasteiger partial charge is 0.0207 e. The molecule has 0 aromatic heterocycles. The van der Waals surface area contributed by atoms with E-state index in [0.717, 1.165) is 12.5 Å². The highest BCUT2D eigenvalue weighted by Gasteiger charge is 2.03. The molecule has 0 spiro atoms. The molecule has 0 saturated carbocycles. The van der Waals surface area contributed by atoms with Crippen LogP contribution in [-0.4, -0.2) is 6.04 Å². The van der Waals surface area contributed by atoms with Crippen LogP contribution in [0.15, 0.2) is 54.6 Å². The van der Waals surface area contributed by atoms with Crippen LogP contribution < -0.4 is 5.32 Å². The summed E-state index contributed by atoms with van der Waals surface area (Å²) < 4.78 is 0. The molecule has 0 bridgehead atoms. The third kappa shape index (κ3) is 5.35. The van der Waals surface area contributed by atoms with Gasteiger partial charge in [0.2, 0.25) is 0 Å². The van der Waals surface area contributed by atoms with Gasteiger partial charge in [0.05, 0.1) is 0 Å². The highest BCUT2D eigenvalue weighted by Crippen LogP contribution is 2.19. The molecule has 1 unspecified atom stereocenters. The van der Waals surface area contributed by atoms with E-state index in [1.807, 2.05) is 0 Å². The first-order chi connectivity index (χ1) is 10.1. The van der Waals surface area contributed by atoms with E-state index in [9.17, 15) is 0 Å². The van der Waals surface area contributed by atoms with Gasteiger partial charge in [-0.2, -0.15) is 0 Å². The lowest BCUT2D eigenvalue weighted by atomic mass is 10.0. The van der Waals surface area contributed by atoms with E-state index in [2.05, 4.69) is 80.7 Å². The number of hydrogen-bond acceptors (Lipinski definition) is 1. The molecule has 0 fully saturated rings. The minimum Gasteiger partial charge on any atom is -0.310 e. The van der Waals surface area contributed by atoms with Crippen molar-refractivity contribution in [3.05, 3.63) is 60.2 Å². The number of rotatable bonds is 7. The van der Waals surface area contributed by atoms with Crippen molar-refractivity contribution in [2.24, 2.45) is 5.92 Å². The Bertz CT molecular complexity index is 513. The molecule has 1 nitrogen and oxygen atoms in total. The van der Waals surface area contributed by atoms with Gasteiger partial charge in [-0.3, -0.25) is 0 Å². The Morgan fingerprint density at radius 1 is 0.762 bits per heavy atom. The molecule has 0 heterocycles. The topological polar surface area (TPSA) is 12.0 Å². The molecule has 1 N–H and O–H groups in total. The van der Waals surface area contributed by atoms with E-state index >= 15 is 0 Å². The van der Waals surface area contributed by atoms with Gasteiger partial charge in [0.15, 0.2) is 0 Å². The van der Waals surface area contributed by atoms with Crippen molar-refractivity contribution in [2.75, 3.05) is 0 Å². The summed E-state index contributed by atoms with van der Waals surface area (Å²) in [6.07, 6.45) is 2.54. The van der Waals surface area contributed by atoms with Crippen LogP contribution in [0.25, 0.3) is 11.1 Å². The third-order valence-corrected chi connectivity index (χ3v) is 3.89. The largest absolute Gasteiger partial charge is 0.310 e. The van der Waals surface area contributed by atoms with Crippen molar-refractivity contribution in [1.29, 1.82) is 0 Å². The van der Waals surface area contributed by atoms with Crippen LogP contribution in [-0.2, 0) is 6.54 Å². The van der Waals surface area contributed by atoms with Gasteiger partial charge in [-0.1, -0.05) is 68.4 Å². The Labute approximate surface area is 129 Å². The van der Waals surface area contributed by atoms with Gasteiger partial charge in [-0.05, 0) is 42.4 Å². The van der Waals surface area contributed by atoms with Crippen molar-refractivity contribution < 1.29 is 0 Å². The van der Waals surface area contributed by atoms with Gasteiger partial charge in [0, 0.05) is 12.6 Å². The molecule has 2 aromatic rings. The van der Waals surface area contributed by atoms with E-state index in [-0.39, 0.29) is 0 Å². The summed E-state index contributed by atoms with van der Waals surface area (Å²) in [4.78, 5) is 0. The first kappa shape index (κ1) is 15.8. The maximum Gasteiger partial charge on any atom is 0.0207 e. The van der Waals surface area contributed by atoms with Gasteiger partial charge in [-0.25, -0.2) is 0 Å². The second kappa shape index (κ2) is 7.99. The quantitative estimate of drug-likeness (QED) is 0.729. The molecule has 0 aliphatic heterocycles. The van der Waals surface area contributed by atoms with Crippen LogP contribution >= 0.6 is 0 Å². The van der Waals surface area contributed by atoms with E-state index < -0.39 is 0 Å². The number of benzene rings is 2. The minimum atomic E-state index is 0.584. The van der Waals surface area contributed by atoms with Crippen molar-refractivity contribution >= 4 is 0 Å². The van der Waals surface area contributed by atoms with Gasteiger partial charge in [0.25, 0.3) is 0 Å². The maximum atomic E-state index is 3.61. The molecule has 0 amide bonds. The first-order valence-electron chi connectivity index (χ1n) is 8.03. The Kier molecular flexibility index (Phi) is 6.01. The predicted molar refractivity (Wildman–Crippen MR) is 92.3 cm³/mol.